The van der Waals surface area contributed by atoms with Gasteiger partial charge in [0, 0.05) is 12.1 Å². The van der Waals surface area contributed by atoms with Crippen molar-refractivity contribution < 1.29 is 19.2 Å². The van der Waals surface area contributed by atoms with E-state index in [4.69, 9.17) is 4.42 Å². The van der Waals surface area contributed by atoms with E-state index in [1.807, 2.05) is 0 Å². The van der Waals surface area contributed by atoms with Crippen LogP contribution < -0.4 is 0 Å². The number of aryl methyl sites for hydroxylation is 1. The summed E-state index contributed by atoms with van der Waals surface area (Å²) in [7, 11) is 0. The highest BCUT2D eigenvalue weighted by Crippen LogP contribution is 2.23. The molecule has 28 heavy (non-hydrogen) atoms. The highest BCUT2D eigenvalue weighted by atomic mass is 16.6. The first-order valence-electron chi connectivity index (χ1n) is 8.62. The number of aromatic hydroxyl groups is 1. The van der Waals surface area contributed by atoms with Crippen LogP contribution in [0, 0.1) is 24.0 Å². The van der Waals surface area contributed by atoms with Gasteiger partial charge in [-0.05, 0) is 32.0 Å². The van der Waals surface area contributed by atoms with Crippen LogP contribution in [-0.2, 0) is 24.4 Å². The molecule has 0 atom stereocenters. The molecule has 2 aromatic heterocycles. The number of hydrogen-bond donors (Lipinski definition) is 1. The number of para-hydroxylation sites is 1. The largest absolute Gasteiger partial charge is 0.508 e. The number of furan rings is 1. The van der Waals surface area contributed by atoms with Crippen LogP contribution in [0.3, 0.4) is 0 Å². The Balaban J connectivity index is 1.85. The number of nitrogens with zero attached hydrogens (tertiary/aromatic N) is 4. The predicted molar refractivity (Wildman–Crippen MR) is 99.4 cm³/mol. The van der Waals surface area contributed by atoms with Gasteiger partial charge < -0.3 is 14.4 Å². The molecule has 146 valence electrons. The van der Waals surface area contributed by atoms with Crippen molar-refractivity contribution in [3.05, 3.63) is 75.5 Å². The van der Waals surface area contributed by atoms with Crippen LogP contribution in [0.4, 0.5) is 5.69 Å². The van der Waals surface area contributed by atoms with Gasteiger partial charge in [-0.1, -0.05) is 18.2 Å². The summed E-state index contributed by atoms with van der Waals surface area (Å²) in [6.45, 7) is 3.30. The third kappa shape index (κ3) is 4.03. The fraction of sp³-hybridized carbons (Fsp3) is 0.263. The fourth-order valence-electron chi connectivity index (χ4n) is 3.01. The number of nitro groups is 1. The first kappa shape index (κ1) is 19.2. The van der Waals surface area contributed by atoms with Crippen molar-refractivity contribution in [3.8, 4) is 5.75 Å². The number of phenols is 1. The Hall–Kier alpha value is -3.62. The van der Waals surface area contributed by atoms with E-state index in [1.54, 1.807) is 43.3 Å². The molecule has 1 aromatic carbocycles. The molecule has 1 N–H and O–H groups in total. The van der Waals surface area contributed by atoms with E-state index in [9.17, 15) is 20.0 Å². The molecule has 0 spiro atoms. The number of carbonyl (C=O) groups is 1. The minimum Gasteiger partial charge on any atom is -0.508 e. The molecule has 0 fully saturated rings. The number of aromatic nitrogens is 2. The first-order valence-corrected chi connectivity index (χ1v) is 8.62. The van der Waals surface area contributed by atoms with E-state index < -0.39 is 4.92 Å². The summed E-state index contributed by atoms with van der Waals surface area (Å²) in [5, 5.41) is 25.4. The minimum absolute atomic E-state index is 0.0847. The van der Waals surface area contributed by atoms with Crippen LogP contribution in [0.25, 0.3) is 0 Å². The summed E-state index contributed by atoms with van der Waals surface area (Å²) in [5.74, 6) is 0.366. The van der Waals surface area contributed by atoms with Crippen molar-refractivity contribution in [2.75, 3.05) is 0 Å². The molecular formula is C19H20N4O5. The van der Waals surface area contributed by atoms with Crippen LogP contribution in [0.5, 0.6) is 5.75 Å². The van der Waals surface area contributed by atoms with E-state index in [2.05, 4.69) is 5.10 Å². The molecule has 9 nitrogen and oxygen atoms in total. The normalized spacial score (nSPS) is 10.8. The monoisotopic (exact) mass is 384 g/mol. The van der Waals surface area contributed by atoms with Gasteiger partial charge in [-0.2, -0.15) is 5.10 Å². The van der Waals surface area contributed by atoms with Gasteiger partial charge in [0.1, 0.15) is 29.4 Å². The highest BCUT2D eigenvalue weighted by Gasteiger charge is 2.25. The molecule has 9 heteroatoms. The van der Waals surface area contributed by atoms with Crippen LogP contribution in [0.2, 0.25) is 0 Å². The lowest BCUT2D eigenvalue weighted by Gasteiger charge is -2.22. The third-order valence-electron chi connectivity index (χ3n) is 4.44. The molecule has 0 saturated heterocycles. The van der Waals surface area contributed by atoms with Gasteiger partial charge >= 0.3 is 5.69 Å². The summed E-state index contributed by atoms with van der Waals surface area (Å²) in [6, 6.07) is 10.2. The Kier molecular flexibility index (Phi) is 5.44. The number of carbonyl (C=O) groups excluding carboxylic acids is 1. The minimum atomic E-state index is -0.499. The number of benzene rings is 1. The van der Waals surface area contributed by atoms with Crippen molar-refractivity contribution in [1.82, 2.24) is 14.7 Å². The van der Waals surface area contributed by atoms with Gasteiger partial charge in [0.25, 0.3) is 0 Å². The maximum absolute atomic E-state index is 13.0. The summed E-state index contributed by atoms with van der Waals surface area (Å²) in [5.41, 5.74) is 1.07. The van der Waals surface area contributed by atoms with E-state index in [0.717, 1.165) is 0 Å². The van der Waals surface area contributed by atoms with Crippen molar-refractivity contribution >= 4 is 11.6 Å². The van der Waals surface area contributed by atoms with Gasteiger partial charge in [0.15, 0.2) is 0 Å². The third-order valence-corrected chi connectivity index (χ3v) is 4.44. The van der Waals surface area contributed by atoms with Crippen LogP contribution in [0.15, 0.2) is 47.1 Å². The maximum Gasteiger partial charge on any atom is 0.312 e. The number of amides is 1. The molecule has 0 aliphatic carbocycles. The van der Waals surface area contributed by atoms with Crippen molar-refractivity contribution in [2.24, 2.45) is 0 Å². The van der Waals surface area contributed by atoms with Gasteiger partial charge in [-0.3, -0.25) is 19.6 Å². The Morgan fingerprint density at radius 2 is 2.00 bits per heavy atom. The standard InChI is InChI=1S/C19H20N4O5/c1-13-19(23(26)27)14(2)22(20-13)12-18(25)21(11-16-7-5-9-28-16)10-15-6-3-4-8-17(15)24/h3-9,24H,10-12H2,1-2H3. The summed E-state index contributed by atoms with van der Waals surface area (Å²) >= 11 is 0. The zero-order valence-corrected chi connectivity index (χ0v) is 15.5. The zero-order valence-electron chi connectivity index (χ0n) is 15.5. The Bertz CT molecular complexity index is 994. The first-order chi connectivity index (χ1) is 13.4. The summed E-state index contributed by atoms with van der Waals surface area (Å²) in [6.07, 6.45) is 1.52. The number of rotatable bonds is 7. The lowest BCUT2D eigenvalue weighted by atomic mass is 10.2. The smallest absolute Gasteiger partial charge is 0.312 e. The second-order valence-electron chi connectivity index (χ2n) is 6.39. The van der Waals surface area contributed by atoms with Gasteiger partial charge in [-0.15, -0.1) is 0 Å². The quantitative estimate of drug-likeness (QED) is 0.495. The van der Waals surface area contributed by atoms with E-state index >= 15 is 0 Å². The van der Waals surface area contributed by atoms with E-state index in [0.29, 0.717) is 17.0 Å². The van der Waals surface area contributed by atoms with Crippen LogP contribution in [-0.4, -0.2) is 30.6 Å². The Labute approximate surface area is 161 Å². The van der Waals surface area contributed by atoms with Crippen LogP contribution >= 0.6 is 0 Å². The number of hydrogen-bond acceptors (Lipinski definition) is 6. The molecule has 2 heterocycles. The molecule has 0 saturated carbocycles. The van der Waals surface area contributed by atoms with E-state index in [1.165, 1.54) is 22.8 Å². The van der Waals surface area contributed by atoms with Crippen molar-refractivity contribution in [2.45, 2.75) is 33.5 Å². The predicted octanol–water partition coefficient (Wildman–Crippen LogP) is 2.94. The lowest BCUT2D eigenvalue weighted by molar-refractivity contribution is -0.386. The van der Waals surface area contributed by atoms with Crippen molar-refractivity contribution in [1.29, 1.82) is 0 Å². The molecule has 0 bridgehead atoms. The topological polar surface area (TPSA) is 115 Å². The Morgan fingerprint density at radius 1 is 1.25 bits per heavy atom. The summed E-state index contributed by atoms with van der Waals surface area (Å²) < 4.78 is 6.67. The molecule has 0 aliphatic rings. The van der Waals surface area contributed by atoms with Crippen molar-refractivity contribution in [3.63, 3.8) is 0 Å². The molecule has 0 unspecified atom stereocenters. The lowest BCUT2D eigenvalue weighted by Crippen LogP contribution is -2.33. The average Bonchev–Trinajstić information content (AvgIpc) is 3.24. The molecule has 1 amide bonds. The SMILES string of the molecule is Cc1nn(CC(=O)N(Cc2ccco2)Cc2ccccc2O)c(C)c1[N+](=O)[O-]. The number of phenolic OH excluding ortho intramolecular Hbond substituents is 1. The fourth-order valence-corrected chi connectivity index (χ4v) is 3.01. The van der Waals surface area contributed by atoms with Gasteiger partial charge in [-0.25, -0.2) is 0 Å². The molecule has 0 aliphatic heterocycles. The second kappa shape index (κ2) is 7.95. The molecule has 0 radical (unpaired) electrons. The van der Waals surface area contributed by atoms with Crippen LogP contribution in [0.1, 0.15) is 22.7 Å². The second-order valence-corrected chi connectivity index (χ2v) is 6.39. The zero-order chi connectivity index (χ0) is 20.3. The molecule has 3 aromatic rings. The maximum atomic E-state index is 13.0. The van der Waals surface area contributed by atoms with Gasteiger partial charge in [0.2, 0.25) is 5.91 Å². The molecular weight excluding hydrogens is 364 g/mol. The average molecular weight is 384 g/mol. The Morgan fingerprint density at radius 3 is 2.61 bits per heavy atom. The highest BCUT2D eigenvalue weighted by molar-refractivity contribution is 5.76. The molecule has 3 rings (SSSR count). The van der Waals surface area contributed by atoms with E-state index in [-0.39, 0.29) is 42.7 Å². The summed E-state index contributed by atoms with van der Waals surface area (Å²) in [4.78, 5) is 25.2. The van der Waals surface area contributed by atoms with Gasteiger partial charge in [0.05, 0.1) is 17.7 Å².